The van der Waals surface area contributed by atoms with Gasteiger partial charge >= 0.3 is 0 Å². The fourth-order valence-electron chi connectivity index (χ4n) is 2.31. The third-order valence-electron chi connectivity index (χ3n) is 4.13. The maximum Gasteiger partial charge on any atom is 0.0691 e. The molecule has 0 spiro atoms. The predicted octanol–water partition coefficient (Wildman–Crippen LogP) is 1.85. The maximum atomic E-state index is 5.79. The largest absolute Gasteiger partial charge is 0.383 e. The molecular weight excluding hydrogens is 244 g/mol. The monoisotopic (exact) mass is 274 g/mol. The Morgan fingerprint density at radius 3 is 2.12 bits per heavy atom. The van der Waals surface area contributed by atoms with E-state index in [0.29, 0.717) is 11.0 Å². The topological polar surface area (TPSA) is 18.5 Å². The zero-order valence-electron chi connectivity index (χ0n) is 12.1. The van der Waals surface area contributed by atoms with E-state index in [4.69, 9.17) is 9.47 Å². The van der Waals surface area contributed by atoms with Crippen LogP contribution in [0.1, 0.15) is 45.4 Å². The highest BCUT2D eigenvalue weighted by molar-refractivity contribution is 6.59. The lowest BCUT2D eigenvalue weighted by molar-refractivity contribution is -0.00953. The minimum Gasteiger partial charge on any atom is -0.383 e. The lowest BCUT2D eigenvalue weighted by atomic mass is 10.1. The van der Waals surface area contributed by atoms with Crippen molar-refractivity contribution < 1.29 is 9.47 Å². The van der Waals surface area contributed by atoms with Crippen LogP contribution in [0.4, 0.5) is 0 Å². The molecule has 2 nitrogen and oxygen atoms in total. The van der Waals surface area contributed by atoms with Gasteiger partial charge in [0.1, 0.15) is 0 Å². The van der Waals surface area contributed by atoms with Crippen molar-refractivity contribution in [2.75, 3.05) is 13.2 Å². The summed E-state index contributed by atoms with van der Waals surface area (Å²) in [6, 6.07) is 0. The van der Waals surface area contributed by atoms with Crippen molar-refractivity contribution >= 4 is 19.0 Å². The van der Waals surface area contributed by atoms with Gasteiger partial charge in [0.15, 0.2) is 0 Å². The molecule has 2 atom stereocenters. The molecule has 2 fully saturated rings. The highest BCUT2D eigenvalue weighted by atomic mass is 28.3. The van der Waals surface area contributed by atoms with Gasteiger partial charge in [0, 0.05) is 29.2 Å². The Hall–Kier alpha value is 0.354. The van der Waals surface area contributed by atoms with Crippen molar-refractivity contribution in [3.63, 3.8) is 0 Å². The van der Waals surface area contributed by atoms with E-state index in [2.05, 4.69) is 20.0 Å². The van der Waals surface area contributed by atoms with Crippen molar-refractivity contribution in [3.8, 4) is 0 Å². The van der Waals surface area contributed by atoms with Crippen LogP contribution in [-0.4, -0.2) is 43.2 Å². The Labute approximate surface area is 111 Å². The number of hydrogen-bond donors (Lipinski definition) is 0. The van der Waals surface area contributed by atoms with E-state index in [-0.39, 0.29) is 0 Å². The normalized spacial score (nSPS) is 34.2. The Morgan fingerprint density at radius 2 is 1.82 bits per heavy atom. The molecule has 0 radical (unpaired) electrons. The van der Waals surface area contributed by atoms with Gasteiger partial charge in [-0.05, 0) is 45.4 Å². The fraction of sp³-hybridized carbons (Fsp3) is 1.00. The minimum atomic E-state index is -0.589. The average Bonchev–Trinajstić information content (AvgIpc) is 2.31. The molecule has 0 saturated carbocycles. The van der Waals surface area contributed by atoms with Gasteiger partial charge in [-0.25, -0.2) is 0 Å². The van der Waals surface area contributed by atoms with Gasteiger partial charge in [0.2, 0.25) is 0 Å². The molecule has 2 saturated heterocycles. The second kappa shape index (κ2) is 7.72. The second-order valence-electron chi connectivity index (χ2n) is 5.95. The van der Waals surface area contributed by atoms with Crippen LogP contribution < -0.4 is 0 Å². The van der Waals surface area contributed by atoms with Gasteiger partial charge < -0.3 is 9.47 Å². The van der Waals surface area contributed by atoms with Crippen LogP contribution in [0.5, 0.6) is 0 Å². The van der Waals surface area contributed by atoms with Crippen LogP contribution in [0.15, 0.2) is 0 Å². The van der Waals surface area contributed by atoms with E-state index in [1.165, 1.54) is 48.8 Å². The molecule has 2 heterocycles. The third-order valence-corrected chi connectivity index (χ3v) is 7.94. The summed E-state index contributed by atoms with van der Waals surface area (Å²) in [5.41, 5.74) is 0.675. The number of ether oxygens (including phenoxy) is 2. The van der Waals surface area contributed by atoms with E-state index in [9.17, 15) is 0 Å². The first-order valence-corrected chi connectivity index (χ1v) is 11.3. The Kier molecular flexibility index (Phi) is 6.99. The van der Waals surface area contributed by atoms with E-state index in [0.717, 1.165) is 13.2 Å². The second-order valence-corrected chi connectivity index (χ2v) is 10.8. The van der Waals surface area contributed by atoms with E-state index < -0.39 is 8.80 Å². The number of rotatable bonds is 1. The van der Waals surface area contributed by atoms with Gasteiger partial charge in [0.05, 0.1) is 14.0 Å². The summed E-state index contributed by atoms with van der Waals surface area (Å²) in [7, 11) is 0.639. The van der Waals surface area contributed by atoms with Gasteiger partial charge in [-0.3, -0.25) is 0 Å². The lowest BCUT2D eigenvalue weighted by Crippen LogP contribution is -2.44. The van der Waals surface area contributed by atoms with Crippen molar-refractivity contribution in [2.24, 2.45) is 0 Å². The van der Waals surface area contributed by atoms with Gasteiger partial charge in [0.25, 0.3) is 0 Å². The van der Waals surface area contributed by atoms with Crippen molar-refractivity contribution in [2.45, 2.75) is 69.5 Å². The van der Waals surface area contributed by atoms with Gasteiger partial charge in [-0.15, -0.1) is 0 Å². The third kappa shape index (κ3) is 5.68. The molecule has 2 aliphatic rings. The van der Waals surface area contributed by atoms with Crippen molar-refractivity contribution in [3.05, 3.63) is 0 Å². The van der Waals surface area contributed by atoms with Crippen LogP contribution in [-0.2, 0) is 9.47 Å². The first-order chi connectivity index (χ1) is 8.04. The first-order valence-electron chi connectivity index (χ1n) is 7.30. The highest BCUT2D eigenvalue weighted by Gasteiger charge is 2.31. The molecule has 0 N–H and O–H groups in total. The minimum absolute atomic E-state index is 0.318. The Balaban J connectivity index is 0.000000181. The summed E-state index contributed by atoms with van der Waals surface area (Å²) < 4.78 is 11.1. The fourth-order valence-corrected chi connectivity index (χ4v) is 4.19. The molecule has 0 aliphatic carbocycles. The van der Waals surface area contributed by atoms with Crippen molar-refractivity contribution in [1.29, 1.82) is 0 Å². The molecule has 2 aliphatic heterocycles. The summed E-state index contributed by atoms with van der Waals surface area (Å²) >= 11 is 0. The zero-order valence-corrected chi connectivity index (χ0v) is 15.3. The van der Waals surface area contributed by atoms with Crippen LogP contribution in [0, 0.1) is 0 Å². The smallest absolute Gasteiger partial charge is 0.0691 e. The molecule has 0 aromatic heterocycles. The van der Waals surface area contributed by atoms with E-state index in [1.807, 2.05) is 0 Å². The molecule has 17 heavy (non-hydrogen) atoms. The summed E-state index contributed by atoms with van der Waals surface area (Å²) in [5, 5.41) is 0.318. The molecular formula is C13H30O2Si2. The van der Waals surface area contributed by atoms with Gasteiger partial charge in [-0.1, -0.05) is 13.1 Å². The van der Waals surface area contributed by atoms with Crippen LogP contribution >= 0.6 is 0 Å². The van der Waals surface area contributed by atoms with Crippen LogP contribution in [0.3, 0.4) is 0 Å². The summed E-state index contributed by atoms with van der Waals surface area (Å²) in [5.74, 6) is 0. The summed E-state index contributed by atoms with van der Waals surface area (Å²) in [6.45, 7) is 9.08. The SMILES string of the molecule is C[SiH](C)C1(C)CCCCO1.[SiH3]C1CCCCO1. The van der Waals surface area contributed by atoms with E-state index >= 15 is 0 Å². The van der Waals surface area contributed by atoms with Crippen molar-refractivity contribution in [1.82, 2.24) is 0 Å². The molecule has 0 amide bonds. The molecule has 4 heteroatoms. The summed E-state index contributed by atoms with van der Waals surface area (Å²) in [4.78, 5) is 0. The van der Waals surface area contributed by atoms with Gasteiger partial charge in [-0.2, -0.15) is 0 Å². The van der Waals surface area contributed by atoms with E-state index in [1.54, 1.807) is 0 Å². The molecule has 102 valence electrons. The van der Waals surface area contributed by atoms with Crippen LogP contribution in [0.25, 0.3) is 0 Å². The zero-order chi connectivity index (χ0) is 12.7. The quantitative estimate of drug-likeness (QED) is 0.680. The Morgan fingerprint density at radius 1 is 1.12 bits per heavy atom. The highest BCUT2D eigenvalue weighted by Crippen LogP contribution is 2.26. The lowest BCUT2D eigenvalue weighted by Gasteiger charge is -2.36. The number of hydrogen-bond acceptors (Lipinski definition) is 2. The first kappa shape index (κ1) is 15.4. The predicted molar refractivity (Wildman–Crippen MR) is 80.6 cm³/mol. The molecule has 0 aromatic carbocycles. The molecule has 0 aromatic rings. The molecule has 2 rings (SSSR count). The summed E-state index contributed by atoms with van der Waals surface area (Å²) in [6.07, 6.45) is 7.97. The average molecular weight is 275 g/mol. The standard InChI is InChI=1S/C8H18OSi.C5H12OSi/c1-8(10(2)3)6-4-5-7-9-8;7-5-3-1-2-4-6-5/h10H,4-7H2,1-3H3;5H,1-4H2,7H3. The molecule has 0 bridgehead atoms. The van der Waals surface area contributed by atoms with Crippen LogP contribution in [0.2, 0.25) is 13.1 Å². The maximum absolute atomic E-state index is 5.79. The molecule has 2 unspecified atom stereocenters. The Bertz CT molecular complexity index is 198.